The van der Waals surface area contributed by atoms with Crippen LogP contribution in [0.3, 0.4) is 0 Å². The zero-order chi connectivity index (χ0) is 12.5. The molecule has 1 amide bonds. The summed E-state index contributed by atoms with van der Waals surface area (Å²) in [6, 6.07) is 7.94. The Morgan fingerprint density at radius 3 is 2.00 bits per heavy atom. The molecule has 2 saturated carbocycles. The molecule has 2 aliphatic carbocycles. The van der Waals surface area contributed by atoms with Crippen molar-refractivity contribution in [2.24, 2.45) is 11.8 Å². The number of rotatable bonds is 5. The van der Waals surface area contributed by atoms with E-state index < -0.39 is 0 Å². The van der Waals surface area contributed by atoms with Crippen LogP contribution in [-0.4, -0.2) is 23.9 Å². The van der Waals surface area contributed by atoms with Gasteiger partial charge in [0.1, 0.15) is 0 Å². The van der Waals surface area contributed by atoms with Gasteiger partial charge in [-0.3, -0.25) is 4.79 Å². The van der Waals surface area contributed by atoms with E-state index in [1.807, 2.05) is 24.3 Å². The highest BCUT2D eigenvalue weighted by Crippen LogP contribution is 2.34. The summed E-state index contributed by atoms with van der Waals surface area (Å²) in [4.78, 5) is 14.6. The zero-order valence-electron chi connectivity index (χ0n) is 10.4. The minimum atomic E-state index is 0.227. The van der Waals surface area contributed by atoms with E-state index in [2.05, 4.69) is 27.5 Å². The third kappa shape index (κ3) is 3.25. The molecule has 96 valence electrons. The Balaban J connectivity index is 1.70. The highest BCUT2D eigenvalue weighted by atomic mass is 127. The molecule has 0 saturated heterocycles. The number of carbonyl (C=O) groups excluding carboxylic acids is 1. The average molecular weight is 355 g/mol. The molecular weight excluding hydrogens is 337 g/mol. The van der Waals surface area contributed by atoms with Gasteiger partial charge in [0.15, 0.2) is 0 Å². The van der Waals surface area contributed by atoms with Gasteiger partial charge in [0, 0.05) is 22.2 Å². The molecule has 0 spiro atoms. The van der Waals surface area contributed by atoms with Gasteiger partial charge in [-0.1, -0.05) is 0 Å². The van der Waals surface area contributed by atoms with Gasteiger partial charge in [0.25, 0.3) is 5.91 Å². The Hall–Kier alpha value is -0.580. The standard InChI is InChI=1S/C15H18INO/c16-14-7-5-13(6-8-14)15(18)17(9-11-1-2-11)10-12-3-4-12/h5-8,11-12H,1-4,9-10H2. The average Bonchev–Trinajstić information content (AvgIpc) is 3.23. The molecule has 0 aromatic heterocycles. The van der Waals surface area contributed by atoms with Crippen molar-refractivity contribution in [3.8, 4) is 0 Å². The highest BCUT2D eigenvalue weighted by Gasteiger charge is 2.31. The smallest absolute Gasteiger partial charge is 0.253 e. The quantitative estimate of drug-likeness (QED) is 0.740. The first-order chi connectivity index (χ1) is 8.72. The van der Waals surface area contributed by atoms with Crippen molar-refractivity contribution in [1.29, 1.82) is 0 Å². The van der Waals surface area contributed by atoms with Gasteiger partial charge in [-0.05, 0) is 84.4 Å². The summed E-state index contributed by atoms with van der Waals surface area (Å²) < 4.78 is 1.18. The predicted molar refractivity (Wildman–Crippen MR) is 80.5 cm³/mol. The molecule has 0 aliphatic heterocycles. The van der Waals surface area contributed by atoms with Crippen molar-refractivity contribution in [3.63, 3.8) is 0 Å². The van der Waals surface area contributed by atoms with Gasteiger partial charge in [0.05, 0.1) is 0 Å². The van der Waals surface area contributed by atoms with E-state index in [0.717, 1.165) is 30.5 Å². The zero-order valence-corrected chi connectivity index (χ0v) is 12.6. The van der Waals surface area contributed by atoms with Crippen molar-refractivity contribution in [2.75, 3.05) is 13.1 Å². The monoisotopic (exact) mass is 355 g/mol. The van der Waals surface area contributed by atoms with E-state index in [1.165, 1.54) is 29.3 Å². The first kappa shape index (κ1) is 12.5. The van der Waals surface area contributed by atoms with Gasteiger partial charge in [-0.25, -0.2) is 0 Å². The second-order valence-electron chi connectivity index (χ2n) is 5.60. The van der Waals surface area contributed by atoms with Crippen LogP contribution in [0.25, 0.3) is 0 Å². The van der Waals surface area contributed by atoms with Crippen LogP contribution in [0.5, 0.6) is 0 Å². The largest absolute Gasteiger partial charge is 0.338 e. The Kier molecular flexibility index (Phi) is 3.59. The maximum atomic E-state index is 12.5. The summed E-state index contributed by atoms with van der Waals surface area (Å²) >= 11 is 2.27. The molecule has 3 heteroatoms. The molecule has 2 fully saturated rings. The molecule has 0 unspecified atom stereocenters. The van der Waals surface area contributed by atoms with Crippen LogP contribution >= 0.6 is 22.6 Å². The lowest BCUT2D eigenvalue weighted by Gasteiger charge is -2.22. The molecule has 0 atom stereocenters. The summed E-state index contributed by atoms with van der Waals surface area (Å²) in [5.41, 5.74) is 0.844. The Bertz CT molecular complexity index is 420. The van der Waals surface area contributed by atoms with Gasteiger partial charge < -0.3 is 4.90 Å². The van der Waals surface area contributed by atoms with E-state index in [-0.39, 0.29) is 5.91 Å². The molecule has 2 nitrogen and oxygen atoms in total. The van der Waals surface area contributed by atoms with Crippen LogP contribution in [0.2, 0.25) is 0 Å². The topological polar surface area (TPSA) is 20.3 Å². The first-order valence-corrected chi connectivity index (χ1v) is 7.85. The number of hydrogen-bond donors (Lipinski definition) is 0. The molecule has 0 radical (unpaired) electrons. The van der Waals surface area contributed by atoms with Crippen molar-refractivity contribution < 1.29 is 4.79 Å². The SMILES string of the molecule is O=C(c1ccc(I)cc1)N(CC1CC1)CC1CC1. The maximum absolute atomic E-state index is 12.5. The second kappa shape index (κ2) is 5.19. The minimum Gasteiger partial charge on any atom is -0.338 e. The number of benzene rings is 1. The number of nitrogens with zero attached hydrogens (tertiary/aromatic N) is 1. The lowest BCUT2D eigenvalue weighted by molar-refractivity contribution is 0.0739. The Morgan fingerprint density at radius 1 is 1.06 bits per heavy atom. The molecule has 2 aliphatic rings. The number of halogens is 1. The third-order valence-electron chi connectivity index (χ3n) is 3.73. The molecule has 0 N–H and O–H groups in total. The fraction of sp³-hybridized carbons (Fsp3) is 0.533. The van der Waals surface area contributed by atoms with Crippen molar-refractivity contribution in [3.05, 3.63) is 33.4 Å². The molecular formula is C15H18INO. The lowest BCUT2D eigenvalue weighted by atomic mass is 10.2. The van der Waals surface area contributed by atoms with Gasteiger partial charge in [-0.15, -0.1) is 0 Å². The van der Waals surface area contributed by atoms with Crippen LogP contribution < -0.4 is 0 Å². The van der Waals surface area contributed by atoms with Crippen LogP contribution in [0, 0.1) is 15.4 Å². The van der Waals surface area contributed by atoms with E-state index in [4.69, 9.17) is 0 Å². The summed E-state index contributed by atoms with van der Waals surface area (Å²) in [6.45, 7) is 1.95. The molecule has 18 heavy (non-hydrogen) atoms. The van der Waals surface area contributed by atoms with Crippen LogP contribution in [0.4, 0.5) is 0 Å². The fourth-order valence-corrected chi connectivity index (χ4v) is 2.60. The normalized spacial score (nSPS) is 18.7. The van der Waals surface area contributed by atoms with Crippen LogP contribution in [0.15, 0.2) is 24.3 Å². The summed E-state index contributed by atoms with van der Waals surface area (Å²) in [6.07, 6.45) is 5.23. The van der Waals surface area contributed by atoms with Crippen molar-refractivity contribution in [2.45, 2.75) is 25.7 Å². The van der Waals surface area contributed by atoms with Crippen LogP contribution in [-0.2, 0) is 0 Å². The Morgan fingerprint density at radius 2 is 1.56 bits per heavy atom. The van der Waals surface area contributed by atoms with Crippen molar-refractivity contribution in [1.82, 2.24) is 4.90 Å². The molecule has 3 rings (SSSR count). The van der Waals surface area contributed by atoms with Gasteiger partial charge in [0.2, 0.25) is 0 Å². The third-order valence-corrected chi connectivity index (χ3v) is 4.45. The molecule has 1 aromatic rings. The summed E-state index contributed by atoms with van der Waals surface area (Å²) in [5.74, 6) is 1.78. The second-order valence-corrected chi connectivity index (χ2v) is 6.85. The first-order valence-electron chi connectivity index (χ1n) is 6.77. The van der Waals surface area contributed by atoms with Gasteiger partial charge >= 0.3 is 0 Å². The minimum absolute atomic E-state index is 0.227. The number of amides is 1. The lowest BCUT2D eigenvalue weighted by Crippen LogP contribution is -2.34. The molecule has 1 aromatic carbocycles. The Labute approximate surface area is 122 Å². The van der Waals surface area contributed by atoms with E-state index in [9.17, 15) is 4.79 Å². The van der Waals surface area contributed by atoms with Gasteiger partial charge in [-0.2, -0.15) is 0 Å². The molecule has 0 bridgehead atoms. The van der Waals surface area contributed by atoms with Crippen LogP contribution in [0.1, 0.15) is 36.0 Å². The molecule has 0 heterocycles. The fourth-order valence-electron chi connectivity index (χ4n) is 2.24. The van der Waals surface area contributed by atoms with E-state index >= 15 is 0 Å². The van der Waals surface area contributed by atoms with E-state index in [0.29, 0.717) is 0 Å². The highest BCUT2D eigenvalue weighted by molar-refractivity contribution is 14.1. The van der Waals surface area contributed by atoms with Crippen molar-refractivity contribution >= 4 is 28.5 Å². The maximum Gasteiger partial charge on any atom is 0.253 e. The van der Waals surface area contributed by atoms with E-state index in [1.54, 1.807) is 0 Å². The summed E-state index contributed by atoms with van der Waals surface area (Å²) in [7, 11) is 0. The number of carbonyl (C=O) groups is 1. The summed E-state index contributed by atoms with van der Waals surface area (Å²) in [5, 5.41) is 0. The predicted octanol–water partition coefficient (Wildman–Crippen LogP) is 3.55. The number of hydrogen-bond acceptors (Lipinski definition) is 1.